The van der Waals surface area contributed by atoms with Crippen LogP contribution >= 0.6 is 0 Å². The lowest BCUT2D eigenvalue weighted by molar-refractivity contribution is 0.209. The summed E-state index contributed by atoms with van der Waals surface area (Å²) in [5.74, 6) is 0.830. The lowest BCUT2D eigenvalue weighted by Crippen LogP contribution is -2.37. The predicted molar refractivity (Wildman–Crippen MR) is 60.6 cm³/mol. The molecule has 0 N–H and O–H groups in total. The maximum atomic E-state index is 12.0. The van der Waals surface area contributed by atoms with Crippen molar-refractivity contribution in [2.24, 2.45) is 0 Å². The van der Waals surface area contributed by atoms with Crippen LogP contribution in [0.3, 0.4) is 0 Å². The number of ether oxygens (including phenoxy) is 1. The third kappa shape index (κ3) is 3.12. The van der Waals surface area contributed by atoms with Gasteiger partial charge in [-0.2, -0.15) is 0 Å². The van der Waals surface area contributed by atoms with Gasteiger partial charge in [-0.1, -0.05) is 25.8 Å². The lowest BCUT2D eigenvalue weighted by Gasteiger charge is -2.29. The molecule has 0 radical (unpaired) electrons. The Labute approximate surface area is 89.2 Å². The third-order valence-electron chi connectivity index (χ3n) is 2.84. The van der Waals surface area contributed by atoms with Crippen LogP contribution in [0.1, 0.15) is 39.0 Å². The van der Waals surface area contributed by atoms with Gasteiger partial charge in [0.2, 0.25) is 0 Å². The quantitative estimate of drug-likeness (QED) is 0.678. The van der Waals surface area contributed by atoms with E-state index in [1.54, 1.807) is 0 Å². The van der Waals surface area contributed by atoms with Crippen LogP contribution in [-0.4, -0.2) is 21.3 Å². The second kappa shape index (κ2) is 5.54. The zero-order valence-corrected chi connectivity index (χ0v) is 9.78. The van der Waals surface area contributed by atoms with E-state index in [2.05, 4.69) is 13.5 Å². The van der Waals surface area contributed by atoms with E-state index in [1.165, 1.54) is 25.5 Å². The minimum atomic E-state index is -0.746. The molecule has 1 fully saturated rings. The highest BCUT2D eigenvalue weighted by atomic mass is 32.2. The van der Waals surface area contributed by atoms with Crippen molar-refractivity contribution in [2.45, 2.75) is 43.8 Å². The smallest absolute Gasteiger partial charge is 0.104 e. The monoisotopic (exact) mass is 216 g/mol. The molecule has 0 saturated carbocycles. The van der Waals surface area contributed by atoms with Gasteiger partial charge in [0.05, 0.1) is 11.0 Å². The van der Waals surface area contributed by atoms with E-state index in [9.17, 15) is 4.21 Å². The number of hydrogen-bond donors (Lipinski definition) is 0. The summed E-state index contributed by atoms with van der Waals surface area (Å²) >= 11 is 0. The second-order valence-corrected chi connectivity index (χ2v) is 6.23. The molecule has 0 bridgehead atoms. The molecule has 1 heterocycles. The Morgan fingerprint density at radius 1 is 1.43 bits per heavy atom. The standard InChI is InChI=1S/C11H20O2S/c1-3-13-10-11(2)8-6-4-5-7-9-14(11)12/h3H,1,4-10H2,2H3. The molecule has 1 aliphatic rings. The Bertz CT molecular complexity index is 215. The summed E-state index contributed by atoms with van der Waals surface area (Å²) < 4.78 is 17.0. The number of rotatable bonds is 3. The molecule has 0 aliphatic carbocycles. The zero-order chi connectivity index (χ0) is 10.4. The molecule has 0 aromatic heterocycles. The summed E-state index contributed by atoms with van der Waals surface area (Å²) in [6.07, 6.45) is 7.21. The van der Waals surface area contributed by atoms with Crippen LogP contribution in [0.2, 0.25) is 0 Å². The first-order chi connectivity index (χ1) is 6.69. The van der Waals surface area contributed by atoms with Crippen molar-refractivity contribution in [1.82, 2.24) is 0 Å². The van der Waals surface area contributed by atoms with Crippen molar-refractivity contribution in [2.75, 3.05) is 12.4 Å². The minimum Gasteiger partial charge on any atom is -0.500 e. The topological polar surface area (TPSA) is 26.3 Å². The molecule has 0 aromatic rings. The van der Waals surface area contributed by atoms with Gasteiger partial charge in [-0.05, 0) is 19.8 Å². The van der Waals surface area contributed by atoms with Crippen LogP contribution in [-0.2, 0) is 15.5 Å². The number of hydrogen-bond acceptors (Lipinski definition) is 2. The summed E-state index contributed by atoms with van der Waals surface area (Å²) in [7, 11) is -0.746. The van der Waals surface area contributed by atoms with Crippen molar-refractivity contribution in [3.8, 4) is 0 Å². The van der Waals surface area contributed by atoms with Crippen LogP contribution in [0.5, 0.6) is 0 Å². The highest BCUT2D eigenvalue weighted by Gasteiger charge is 2.32. The first kappa shape index (κ1) is 11.8. The molecule has 1 rings (SSSR count). The average molecular weight is 216 g/mol. The summed E-state index contributed by atoms with van der Waals surface area (Å²) in [4.78, 5) is 0. The molecule has 2 nitrogen and oxygen atoms in total. The van der Waals surface area contributed by atoms with E-state index < -0.39 is 10.8 Å². The molecular weight excluding hydrogens is 196 g/mol. The van der Waals surface area contributed by atoms with E-state index in [4.69, 9.17) is 4.74 Å². The van der Waals surface area contributed by atoms with Crippen molar-refractivity contribution in [3.63, 3.8) is 0 Å². The Hall–Kier alpha value is -0.310. The summed E-state index contributed by atoms with van der Waals surface area (Å²) in [6.45, 7) is 6.13. The van der Waals surface area contributed by atoms with Crippen LogP contribution in [0, 0.1) is 0 Å². The minimum absolute atomic E-state index is 0.158. The fourth-order valence-corrected chi connectivity index (χ4v) is 3.35. The molecule has 2 unspecified atom stereocenters. The second-order valence-electron chi connectivity index (χ2n) is 4.14. The Morgan fingerprint density at radius 2 is 2.14 bits per heavy atom. The fraction of sp³-hybridized carbons (Fsp3) is 0.818. The largest absolute Gasteiger partial charge is 0.500 e. The summed E-state index contributed by atoms with van der Waals surface area (Å²) in [6, 6.07) is 0. The molecule has 3 heteroatoms. The molecule has 14 heavy (non-hydrogen) atoms. The van der Waals surface area contributed by atoms with Gasteiger partial charge in [-0.3, -0.25) is 4.21 Å². The van der Waals surface area contributed by atoms with E-state index >= 15 is 0 Å². The molecule has 0 spiro atoms. The van der Waals surface area contributed by atoms with Gasteiger partial charge >= 0.3 is 0 Å². The molecule has 1 aliphatic heterocycles. The van der Waals surface area contributed by atoms with Crippen LogP contribution in [0.25, 0.3) is 0 Å². The van der Waals surface area contributed by atoms with Gasteiger partial charge in [-0.25, -0.2) is 0 Å². The first-order valence-corrected chi connectivity index (χ1v) is 6.62. The highest BCUT2D eigenvalue weighted by molar-refractivity contribution is 7.86. The maximum absolute atomic E-state index is 12.0. The van der Waals surface area contributed by atoms with Crippen LogP contribution in [0.15, 0.2) is 12.8 Å². The van der Waals surface area contributed by atoms with Gasteiger partial charge in [-0.15, -0.1) is 0 Å². The van der Waals surface area contributed by atoms with Gasteiger partial charge in [0.15, 0.2) is 0 Å². The van der Waals surface area contributed by atoms with E-state index in [0.717, 1.165) is 18.6 Å². The third-order valence-corrected chi connectivity index (χ3v) is 4.92. The maximum Gasteiger partial charge on any atom is 0.104 e. The van der Waals surface area contributed by atoms with E-state index in [-0.39, 0.29) is 4.75 Å². The van der Waals surface area contributed by atoms with Crippen LogP contribution in [0.4, 0.5) is 0 Å². The van der Waals surface area contributed by atoms with Gasteiger partial charge in [0.25, 0.3) is 0 Å². The van der Waals surface area contributed by atoms with Gasteiger partial charge in [0.1, 0.15) is 6.61 Å². The predicted octanol–water partition coefficient (Wildman–Crippen LogP) is 2.62. The molecule has 0 amide bonds. The summed E-state index contributed by atoms with van der Waals surface area (Å²) in [5, 5.41) is 0. The first-order valence-electron chi connectivity index (χ1n) is 5.30. The Kier molecular flexibility index (Phi) is 4.66. The zero-order valence-electron chi connectivity index (χ0n) is 8.96. The van der Waals surface area contributed by atoms with Gasteiger partial charge < -0.3 is 4.74 Å². The molecular formula is C11H20O2S. The normalized spacial score (nSPS) is 34.2. The van der Waals surface area contributed by atoms with Crippen molar-refractivity contribution in [1.29, 1.82) is 0 Å². The van der Waals surface area contributed by atoms with Crippen molar-refractivity contribution >= 4 is 10.8 Å². The Balaban J connectivity index is 2.58. The molecule has 0 aromatic carbocycles. The van der Waals surface area contributed by atoms with Crippen molar-refractivity contribution < 1.29 is 8.95 Å². The molecule has 2 atom stereocenters. The SMILES string of the molecule is C=COCC1(C)CCCCCCS1=O. The van der Waals surface area contributed by atoms with E-state index in [0.29, 0.717) is 6.61 Å². The summed E-state index contributed by atoms with van der Waals surface area (Å²) in [5.41, 5.74) is 0. The molecule has 82 valence electrons. The lowest BCUT2D eigenvalue weighted by atomic mass is 10.0. The van der Waals surface area contributed by atoms with Crippen molar-refractivity contribution in [3.05, 3.63) is 12.8 Å². The highest BCUT2D eigenvalue weighted by Crippen LogP contribution is 2.26. The van der Waals surface area contributed by atoms with Gasteiger partial charge in [0, 0.05) is 16.6 Å². The van der Waals surface area contributed by atoms with Crippen LogP contribution < -0.4 is 0 Å². The Morgan fingerprint density at radius 3 is 2.86 bits per heavy atom. The molecule has 1 saturated heterocycles. The average Bonchev–Trinajstić information content (AvgIpc) is 2.17. The fourth-order valence-electron chi connectivity index (χ4n) is 1.82. The van der Waals surface area contributed by atoms with E-state index in [1.807, 2.05) is 0 Å².